The first kappa shape index (κ1) is 86.5. The first-order valence-electron chi connectivity index (χ1n) is 39.9. The summed E-state index contributed by atoms with van der Waals surface area (Å²) in [6.07, 6.45) is 89.5. The Morgan fingerprint density at radius 2 is 0.563 bits per heavy atom. The molecule has 0 saturated heterocycles. The van der Waals surface area contributed by atoms with Gasteiger partial charge in [0.2, 0.25) is 5.91 Å². The minimum Gasteiger partial charge on any atom is -0.756 e. The molecule has 1 amide bonds. The first-order valence-corrected chi connectivity index (χ1v) is 41.3. The largest absolute Gasteiger partial charge is 0.756 e. The van der Waals surface area contributed by atoms with Crippen LogP contribution in [0.4, 0.5) is 0 Å². The lowest BCUT2D eigenvalue weighted by Gasteiger charge is -2.30. The van der Waals surface area contributed by atoms with Gasteiger partial charge in [-0.2, -0.15) is 0 Å². The van der Waals surface area contributed by atoms with Gasteiger partial charge in [-0.05, 0) is 12.8 Å². The number of quaternary nitrogens is 1. The molecule has 0 aliphatic heterocycles. The van der Waals surface area contributed by atoms with Crippen molar-refractivity contribution in [3.8, 4) is 0 Å². The number of carbonyl (C=O) groups is 1. The highest BCUT2D eigenvalue weighted by molar-refractivity contribution is 7.45. The number of hydrogen-bond acceptors (Lipinski definition) is 6. The van der Waals surface area contributed by atoms with Gasteiger partial charge in [-0.3, -0.25) is 9.36 Å². The van der Waals surface area contributed by atoms with Gasteiger partial charge < -0.3 is 28.8 Å². The van der Waals surface area contributed by atoms with E-state index in [1.165, 1.54) is 379 Å². The maximum absolute atomic E-state index is 13.1. The fourth-order valence-electron chi connectivity index (χ4n) is 12.9. The lowest BCUT2D eigenvalue weighted by atomic mass is 10.0. The van der Waals surface area contributed by atoms with E-state index in [4.69, 9.17) is 9.05 Å². The van der Waals surface area contributed by atoms with Gasteiger partial charge in [-0.15, -0.1) is 0 Å². The first-order chi connectivity index (χ1) is 42.5. The number of hydrogen-bond donors (Lipinski definition) is 2. The van der Waals surface area contributed by atoms with E-state index in [-0.39, 0.29) is 19.1 Å². The van der Waals surface area contributed by atoms with Crippen LogP contribution in [-0.2, 0) is 18.4 Å². The van der Waals surface area contributed by atoms with Gasteiger partial charge in [0.15, 0.2) is 0 Å². The molecule has 9 heteroatoms. The number of carbonyl (C=O) groups excluding carboxylic acids is 1. The molecule has 0 heterocycles. The third-order valence-corrected chi connectivity index (χ3v) is 20.1. The van der Waals surface area contributed by atoms with Crippen LogP contribution in [0.15, 0.2) is 0 Å². The number of likely N-dealkylation sites (N-methyl/N-ethyl adjacent to an activating group) is 1. The number of unbranched alkanes of at least 4 members (excludes halogenated alkanes) is 63. The van der Waals surface area contributed by atoms with Crippen LogP contribution in [-0.4, -0.2) is 68.5 Å². The monoisotopic (exact) mass is 1250 g/mol. The molecule has 3 unspecified atom stereocenters. The van der Waals surface area contributed by atoms with Crippen LogP contribution < -0.4 is 10.2 Å². The Kier molecular flexibility index (Phi) is 69.4. The summed E-state index contributed by atoms with van der Waals surface area (Å²) in [5, 5.41) is 14.1. The van der Waals surface area contributed by atoms with Crippen LogP contribution in [0.25, 0.3) is 0 Å². The van der Waals surface area contributed by atoms with Gasteiger partial charge in [0.1, 0.15) is 13.2 Å². The number of phosphoric ester groups is 1. The maximum Gasteiger partial charge on any atom is 0.268 e. The highest BCUT2D eigenvalue weighted by Crippen LogP contribution is 2.38. The summed E-state index contributed by atoms with van der Waals surface area (Å²) in [7, 11) is 1.33. The molecular formula is C78H159N2O6P. The number of nitrogens with zero attached hydrogens (tertiary/aromatic N) is 1. The van der Waals surface area contributed by atoms with Crippen LogP contribution in [0.3, 0.4) is 0 Å². The van der Waals surface area contributed by atoms with Crippen LogP contribution in [0.5, 0.6) is 0 Å². The van der Waals surface area contributed by atoms with E-state index in [1.54, 1.807) is 0 Å². The van der Waals surface area contributed by atoms with Crippen molar-refractivity contribution in [3.05, 3.63) is 0 Å². The number of aliphatic hydroxyl groups excluding tert-OH is 1. The second-order valence-electron chi connectivity index (χ2n) is 29.1. The fraction of sp³-hybridized carbons (Fsp3) is 0.987. The zero-order valence-corrected chi connectivity index (χ0v) is 60.9. The topological polar surface area (TPSA) is 108 Å². The highest BCUT2D eigenvalue weighted by atomic mass is 31.2. The van der Waals surface area contributed by atoms with Crippen molar-refractivity contribution in [1.82, 2.24) is 5.32 Å². The predicted molar refractivity (Wildman–Crippen MR) is 381 cm³/mol. The number of aliphatic hydroxyl groups is 1. The molecule has 2 N–H and O–H groups in total. The van der Waals surface area contributed by atoms with Gasteiger partial charge in [0.25, 0.3) is 7.82 Å². The Balaban J connectivity index is 3.87. The van der Waals surface area contributed by atoms with Crippen LogP contribution >= 0.6 is 7.82 Å². The zero-order chi connectivity index (χ0) is 63.4. The molecule has 0 rings (SSSR count). The van der Waals surface area contributed by atoms with Gasteiger partial charge in [-0.1, -0.05) is 425 Å². The Labute approximate surface area is 546 Å². The minimum absolute atomic E-state index is 0.0171. The molecule has 8 nitrogen and oxygen atoms in total. The lowest BCUT2D eigenvalue weighted by molar-refractivity contribution is -0.870. The number of rotatable bonds is 76. The van der Waals surface area contributed by atoms with Gasteiger partial charge in [0.05, 0.1) is 39.9 Å². The van der Waals surface area contributed by atoms with E-state index in [0.717, 1.165) is 38.5 Å². The SMILES string of the molecule is CCCCCCCCCCCCCCCCCCCCCCCCCCCCCCCCCCCCCCCCC(=O)NC(COP(=O)([O-])OCC[N+](C)(C)C)C(O)CCCCCCCCCCCCCCCCCCCCCCCCCCCCC. The Hall–Kier alpha value is -0.500. The Bertz CT molecular complexity index is 1380. The maximum atomic E-state index is 13.1. The summed E-state index contributed by atoms with van der Waals surface area (Å²) in [4.78, 5) is 25.7. The number of nitrogens with one attached hydrogen (secondary N) is 1. The summed E-state index contributed by atoms with van der Waals surface area (Å²) < 4.78 is 23.6. The van der Waals surface area contributed by atoms with Crippen molar-refractivity contribution in [3.63, 3.8) is 0 Å². The highest BCUT2D eigenvalue weighted by Gasteiger charge is 2.24. The van der Waals surface area contributed by atoms with Crippen molar-refractivity contribution in [2.45, 2.75) is 456 Å². The molecule has 0 aliphatic rings. The molecule has 0 bridgehead atoms. The molecule has 0 aromatic carbocycles. The fourth-order valence-corrected chi connectivity index (χ4v) is 13.7. The minimum atomic E-state index is -4.58. The average molecular weight is 1250 g/mol. The summed E-state index contributed by atoms with van der Waals surface area (Å²) in [6, 6.07) is -0.798. The quantitative estimate of drug-likeness (QED) is 0.0357. The van der Waals surface area contributed by atoms with Gasteiger partial charge in [-0.25, -0.2) is 0 Å². The molecule has 0 saturated carbocycles. The van der Waals surface area contributed by atoms with Crippen molar-refractivity contribution >= 4 is 13.7 Å². The summed E-state index contributed by atoms with van der Waals surface area (Å²) in [6.45, 7) is 4.81. The standard InChI is InChI=1S/C78H159N2O6P/c1-6-8-10-12-14-16-18-20-22-24-26-28-30-32-34-35-36-37-38-39-40-41-42-43-44-46-48-50-52-54-56-58-60-62-64-66-68-70-72-78(82)79-76(75-86-87(83,84)85-74-73-80(3,4)5)77(81)71-69-67-65-63-61-59-57-55-53-51-49-47-45-33-31-29-27-25-23-21-19-17-15-13-11-9-7-2/h76-77,81H,6-75H2,1-5H3,(H-,79,82,83,84). The van der Waals surface area contributed by atoms with Crippen molar-refractivity contribution < 1.29 is 32.9 Å². The van der Waals surface area contributed by atoms with Crippen LogP contribution in [0, 0.1) is 0 Å². The molecule has 0 aromatic heterocycles. The van der Waals surface area contributed by atoms with Crippen LogP contribution in [0.1, 0.15) is 444 Å². The second-order valence-corrected chi connectivity index (χ2v) is 30.6. The van der Waals surface area contributed by atoms with E-state index in [1.807, 2.05) is 21.1 Å². The molecule has 87 heavy (non-hydrogen) atoms. The summed E-state index contributed by atoms with van der Waals surface area (Å²) in [5.41, 5.74) is 0. The zero-order valence-electron chi connectivity index (χ0n) is 60.0. The smallest absolute Gasteiger partial charge is 0.268 e. The van der Waals surface area contributed by atoms with E-state index in [2.05, 4.69) is 19.2 Å². The van der Waals surface area contributed by atoms with E-state index < -0.39 is 20.0 Å². The van der Waals surface area contributed by atoms with Gasteiger partial charge in [0, 0.05) is 6.42 Å². The summed E-state index contributed by atoms with van der Waals surface area (Å²) >= 11 is 0. The lowest BCUT2D eigenvalue weighted by Crippen LogP contribution is -2.46. The van der Waals surface area contributed by atoms with Crippen LogP contribution in [0.2, 0.25) is 0 Å². The van der Waals surface area contributed by atoms with Crippen molar-refractivity contribution in [1.29, 1.82) is 0 Å². The second kappa shape index (κ2) is 69.8. The molecule has 0 radical (unpaired) electrons. The molecule has 0 spiro atoms. The van der Waals surface area contributed by atoms with E-state index in [0.29, 0.717) is 23.9 Å². The molecule has 0 aliphatic carbocycles. The van der Waals surface area contributed by atoms with Crippen molar-refractivity contribution in [2.24, 2.45) is 0 Å². The normalized spacial score (nSPS) is 13.4. The van der Waals surface area contributed by atoms with Gasteiger partial charge >= 0.3 is 0 Å². The van der Waals surface area contributed by atoms with Crippen molar-refractivity contribution in [2.75, 3.05) is 40.9 Å². The third-order valence-electron chi connectivity index (χ3n) is 19.1. The molecule has 522 valence electrons. The molecule has 0 fully saturated rings. The summed E-state index contributed by atoms with van der Waals surface area (Å²) in [5.74, 6) is -0.152. The number of amides is 1. The Morgan fingerprint density at radius 1 is 0.356 bits per heavy atom. The molecule has 0 aromatic rings. The Morgan fingerprint density at radius 3 is 0.782 bits per heavy atom. The average Bonchev–Trinajstić information content (AvgIpc) is 3.70. The van der Waals surface area contributed by atoms with E-state index >= 15 is 0 Å². The predicted octanol–water partition coefficient (Wildman–Crippen LogP) is 25.2. The van der Waals surface area contributed by atoms with E-state index in [9.17, 15) is 19.4 Å². The number of phosphoric acid groups is 1. The molecule has 3 atom stereocenters. The third kappa shape index (κ3) is 72.8. The molecular weight excluding hydrogens is 1090 g/mol.